The summed E-state index contributed by atoms with van der Waals surface area (Å²) in [6.45, 7) is 3.51. The number of anilines is 3. The molecular weight excluding hydrogens is 356 g/mol. The van der Waals surface area contributed by atoms with E-state index in [9.17, 15) is 0 Å². The standard InChI is InChI=1S/C19H22N8O/c20-16-4-3-15(13-23-16)17-24-18(22-7-5-14-2-1-6-21-12-14)26-19(25-17)27-8-10-28-11-9-27/h1-4,6,12-13H,5,7-11H2,(H2,20,23)(H,22,24,25,26). The molecule has 144 valence electrons. The fourth-order valence-corrected chi connectivity index (χ4v) is 2.88. The fraction of sp³-hybridized carbons (Fsp3) is 0.316. The van der Waals surface area contributed by atoms with E-state index in [1.54, 1.807) is 18.5 Å². The van der Waals surface area contributed by atoms with E-state index in [4.69, 9.17) is 10.5 Å². The average molecular weight is 378 g/mol. The summed E-state index contributed by atoms with van der Waals surface area (Å²) in [5.41, 5.74) is 7.64. The number of morpholine rings is 1. The quantitative estimate of drug-likeness (QED) is 0.656. The second-order valence-corrected chi connectivity index (χ2v) is 6.39. The van der Waals surface area contributed by atoms with Gasteiger partial charge in [0.15, 0.2) is 5.82 Å². The second-order valence-electron chi connectivity index (χ2n) is 6.39. The Labute approximate surface area is 163 Å². The fourth-order valence-electron chi connectivity index (χ4n) is 2.88. The van der Waals surface area contributed by atoms with Crippen LogP contribution in [-0.2, 0) is 11.2 Å². The van der Waals surface area contributed by atoms with Crippen LogP contribution in [0.4, 0.5) is 17.7 Å². The highest BCUT2D eigenvalue weighted by Crippen LogP contribution is 2.20. The first-order valence-corrected chi connectivity index (χ1v) is 9.21. The monoisotopic (exact) mass is 378 g/mol. The molecule has 0 aromatic carbocycles. The van der Waals surface area contributed by atoms with Crippen LogP contribution in [-0.4, -0.2) is 57.8 Å². The van der Waals surface area contributed by atoms with Crippen LogP contribution in [0.2, 0.25) is 0 Å². The van der Waals surface area contributed by atoms with Crippen molar-refractivity contribution in [1.29, 1.82) is 0 Å². The molecule has 1 aliphatic heterocycles. The Morgan fingerprint density at radius 3 is 2.71 bits per heavy atom. The van der Waals surface area contributed by atoms with E-state index in [0.29, 0.717) is 43.3 Å². The highest BCUT2D eigenvalue weighted by molar-refractivity contribution is 5.58. The van der Waals surface area contributed by atoms with E-state index in [2.05, 4.69) is 35.1 Å². The molecule has 3 N–H and O–H groups in total. The minimum atomic E-state index is 0.459. The summed E-state index contributed by atoms with van der Waals surface area (Å²) in [5, 5.41) is 3.30. The lowest BCUT2D eigenvalue weighted by atomic mass is 10.2. The summed E-state index contributed by atoms with van der Waals surface area (Å²) in [7, 11) is 0. The van der Waals surface area contributed by atoms with Crippen LogP contribution in [0, 0.1) is 0 Å². The predicted molar refractivity (Wildman–Crippen MR) is 107 cm³/mol. The number of nitrogen functional groups attached to an aromatic ring is 1. The van der Waals surface area contributed by atoms with Gasteiger partial charge in [-0.15, -0.1) is 0 Å². The number of pyridine rings is 2. The zero-order chi connectivity index (χ0) is 19.2. The smallest absolute Gasteiger partial charge is 0.230 e. The predicted octanol–water partition coefficient (Wildman–Crippen LogP) is 1.40. The molecule has 0 spiro atoms. The molecule has 0 bridgehead atoms. The minimum Gasteiger partial charge on any atom is -0.384 e. The van der Waals surface area contributed by atoms with Gasteiger partial charge >= 0.3 is 0 Å². The van der Waals surface area contributed by atoms with Crippen molar-refractivity contribution < 1.29 is 4.74 Å². The van der Waals surface area contributed by atoms with Gasteiger partial charge < -0.3 is 20.7 Å². The minimum absolute atomic E-state index is 0.459. The van der Waals surface area contributed by atoms with E-state index in [1.165, 1.54) is 0 Å². The van der Waals surface area contributed by atoms with Gasteiger partial charge in [0.25, 0.3) is 0 Å². The van der Waals surface area contributed by atoms with Gasteiger partial charge in [0.1, 0.15) is 5.82 Å². The Morgan fingerprint density at radius 1 is 1.07 bits per heavy atom. The maximum absolute atomic E-state index is 5.70. The van der Waals surface area contributed by atoms with Crippen LogP contribution >= 0.6 is 0 Å². The number of aromatic nitrogens is 5. The number of nitrogens with two attached hydrogens (primary N) is 1. The molecule has 1 aliphatic rings. The molecule has 0 unspecified atom stereocenters. The molecular formula is C19H22N8O. The number of nitrogens with one attached hydrogen (secondary N) is 1. The molecule has 0 aliphatic carbocycles. The number of hydrogen-bond donors (Lipinski definition) is 2. The zero-order valence-corrected chi connectivity index (χ0v) is 15.5. The maximum Gasteiger partial charge on any atom is 0.230 e. The second kappa shape index (κ2) is 8.57. The van der Waals surface area contributed by atoms with Crippen LogP contribution < -0.4 is 16.0 Å². The molecule has 3 aromatic rings. The highest BCUT2D eigenvalue weighted by atomic mass is 16.5. The van der Waals surface area contributed by atoms with Gasteiger partial charge in [-0.3, -0.25) is 4.98 Å². The van der Waals surface area contributed by atoms with Gasteiger partial charge in [0.05, 0.1) is 13.2 Å². The summed E-state index contributed by atoms with van der Waals surface area (Å²) >= 11 is 0. The molecule has 1 fully saturated rings. The topological polar surface area (TPSA) is 115 Å². The van der Waals surface area contributed by atoms with Gasteiger partial charge in [0.2, 0.25) is 11.9 Å². The Bertz CT molecular complexity index is 898. The third kappa shape index (κ3) is 4.49. The lowest BCUT2D eigenvalue weighted by Gasteiger charge is -2.27. The van der Waals surface area contributed by atoms with Crippen molar-refractivity contribution in [3.63, 3.8) is 0 Å². The van der Waals surface area contributed by atoms with Gasteiger partial charge in [-0.25, -0.2) is 4.98 Å². The Balaban J connectivity index is 1.56. The molecule has 0 atom stereocenters. The summed E-state index contributed by atoms with van der Waals surface area (Å²) in [4.78, 5) is 24.2. The van der Waals surface area contributed by atoms with Crippen LogP contribution in [0.15, 0.2) is 42.9 Å². The van der Waals surface area contributed by atoms with Gasteiger partial charge in [-0.2, -0.15) is 15.0 Å². The molecule has 0 radical (unpaired) electrons. The van der Waals surface area contributed by atoms with Crippen molar-refractivity contribution in [2.75, 3.05) is 48.8 Å². The normalized spacial score (nSPS) is 14.1. The molecule has 4 heterocycles. The van der Waals surface area contributed by atoms with E-state index in [1.807, 2.05) is 24.4 Å². The molecule has 0 saturated carbocycles. The largest absolute Gasteiger partial charge is 0.384 e. The third-order valence-corrected chi connectivity index (χ3v) is 4.38. The number of nitrogens with zero attached hydrogens (tertiary/aromatic N) is 6. The summed E-state index contributed by atoms with van der Waals surface area (Å²) in [5.74, 6) is 2.19. The summed E-state index contributed by atoms with van der Waals surface area (Å²) < 4.78 is 5.44. The van der Waals surface area contributed by atoms with Crippen molar-refractivity contribution in [3.05, 3.63) is 48.4 Å². The van der Waals surface area contributed by atoms with Crippen LogP contribution in [0.3, 0.4) is 0 Å². The third-order valence-electron chi connectivity index (χ3n) is 4.38. The molecule has 3 aromatic heterocycles. The Morgan fingerprint density at radius 2 is 1.96 bits per heavy atom. The van der Waals surface area contributed by atoms with Crippen molar-refractivity contribution in [1.82, 2.24) is 24.9 Å². The Kier molecular flexibility index (Phi) is 5.53. The van der Waals surface area contributed by atoms with E-state index >= 15 is 0 Å². The maximum atomic E-state index is 5.70. The molecule has 4 rings (SSSR count). The SMILES string of the molecule is Nc1ccc(-c2nc(NCCc3cccnc3)nc(N3CCOCC3)n2)cn1. The lowest BCUT2D eigenvalue weighted by molar-refractivity contribution is 0.122. The zero-order valence-electron chi connectivity index (χ0n) is 15.5. The van der Waals surface area contributed by atoms with Crippen molar-refractivity contribution >= 4 is 17.7 Å². The summed E-state index contributed by atoms with van der Waals surface area (Å²) in [6, 6.07) is 7.58. The van der Waals surface area contributed by atoms with E-state index < -0.39 is 0 Å². The Hall–Kier alpha value is -3.33. The van der Waals surface area contributed by atoms with E-state index in [0.717, 1.165) is 30.6 Å². The lowest BCUT2D eigenvalue weighted by Crippen LogP contribution is -2.37. The number of hydrogen-bond acceptors (Lipinski definition) is 9. The van der Waals surface area contributed by atoms with Crippen molar-refractivity contribution in [3.8, 4) is 11.4 Å². The van der Waals surface area contributed by atoms with Crippen molar-refractivity contribution in [2.24, 2.45) is 0 Å². The molecule has 9 nitrogen and oxygen atoms in total. The van der Waals surface area contributed by atoms with Gasteiger partial charge in [-0.05, 0) is 30.2 Å². The van der Waals surface area contributed by atoms with E-state index in [-0.39, 0.29) is 0 Å². The average Bonchev–Trinajstić information content (AvgIpc) is 2.75. The van der Waals surface area contributed by atoms with Crippen molar-refractivity contribution in [2.45, 2.75) is 6.42 Å². The molecule has 9 heteroatoms. The molecule has 1 saturated heterocycles. The first kappa shape index (κ1) is 18.1. The summed E-state index contributed by atoms with van der Waals surface area (Å²) in [6.07, 6.45) is 6.13. The van der Waals surface area contributed by atoms with Gasteiger partial charge in [-0.1, -0.05) is 6.07 Å². The molecule has 28 heavy (non-hydrogen) atoms. The van der Waals surface area contributed by atoms with Crippen LogP contribution in [0.5, 0.6) is 0 Å². The number of ether oxygens (including phenoxy) is 1. The van der Waals surface area contributed by atoms with Gasteiger partial charge in [0, 0.05) is 43.8 Å². The first-order valence-electron chi connectivity index (χ1n) is 9.21. The first-order chi connectivity index (χ1) is 13.8. The molecule has 0 amide bonds. The highest BCUT2D eigenvalue weighted by Gasteiger charge is 2.17. The van der Waals surface area contributed by atoms with Crippen LogP contribution in [0.1, 0.15) is 5.56 Å². The number of rotatable bonds is 6. The van der Waals surface area contributed by atoms with Crippen LogP contribution in [0.25, 0.3) is 11.4 Å².